The normalized spacial score (nSPS) is 13.0. The van der Waals surface area contributed by atoms with E-state index >= 15 is 0 Å². The first-order valence-electron chi connectivity index (χ1n) is 9.62. The lowest BCUT2D eigenvalue weighted by Gasteiger charge is -2.11. The summed E-state index contributed by atoms with van der Waals surface area (Å²) in [5.74, 6) is 0. The van der Waals surface area contributed by atoms with E-state index in [0.717, 1.165) is 30.2 Å². The van der Waals surface area contributed by atoms with Crippen LogP contribution in [0.1, 0.15) is 33.4 Å². The first-order valence-corrected chi connectivity index (χ1v) is 11.5. The fourth-order valence-corrected chi connectivity index (χ4v) is 4.43. The van der Waals surface area contributed by atoms with Gasteiger partial charge in [-0.2, -0.15) is 0 Å². The molecule has 0 unspecified atom stereocenters. The van der Waals surface area contributed by atoms with Crippen LogP contribution in [0.25, 0.3) is 11.6 Å². The first kappa shape index (κ1) is 19.3. The quantitative estimate of drug-likeness (QED) is 0.613. The van der Waals surface area contributed by atoms with E-state index in [1.807, 2.05) is 24.3 Å². The van der Waals surface area contributed by atoms with Crippen LogP contribution in [0.15, 0.2) is 72.5 Å². The van der Waals surface area contributed by atoms with Gasteiger partial charge in [0, 0.05) is 11.3 Å². The molecule has 0 spiro atoms. The van der Waals surface area contributed by atoms with Gasteiger partial charge in [-0.05, 0) is 71.4 Å². The van der Waals surface area contributed by atoms with Gasteiger partial charge < -0.3 is 0 Å². The molecule has 3 nitrogen and oxygen atoms in total. The van der Waals surface area contributed by atoms with Crippen molar-refractivity contribution in [2.75, 3.05) is 11.0 Å². The van der Waals surface area contributed by atoms with Crippen LogP contribution in [0.2, 0.25) is 0 Å². The second-order valence-corrected chi connectivity index (χ2v) is 9.17. The van der Waals surface area contributed by atoms with E-state index in [-0.39, 0.29) is 0 Å². The predicted octanol–water partition coefficient (Wildman–Crippen LogP) is 5.21. The molecule has 0 radical (unpaired) electrons. The van der Waals surface area contributed by atoms with Crippen molar-refractivity contribution in [2.24, 2.45) is 0 Å². The van der Waals surface area contributed by atoms with Gasteiger partial charge in [-0.1, -0.05) is 54.6 Å². The summed E-state index contributed by atoms with van der Waals surface area (Å²) in [6.07, 6.45) is 5.10. The molecular weight excluding hydrogens is 378 g/mol. The molecule has 1 N–H and O–H groups in total. The Morgan fingerprint density at radius 2 is 1.69 bits per heavy atom. The van der Waals surface area contributed by atoms with Crippen molar-refractivity contribution < 1.29 is 8.42 Å². The third-order valence-corrected chi connectivity index (χ3v) is 5.79. The maximum absolute atomic E-state index is 11.5. The zero-order chi connectivity index (χ0) is 20.4. The molecular formula is C25H23NO2S. The molecule has 29 heavy (non-hydrogen) atoms. The minimum atomic E-state index is -3.31. The molecule has 3 aromatic rings. The van der Waals surface area contributed by atoms with Gasteiger partial charge in [0.2, 0.25) is 10.0 Å². The van der Waals surface area contributed by atoms with Crippen LogP contribution in [-0.2, 0) is 22.9 Å². The molecule has 0 bridgehead atoms. The molecule has 3 aromatic carbocycles. The molecule has 0 heterocycles. The summed E-state index contributed by atoms with van der Waals surface area (Å²) in [5.41, 5.74) is 12.5. The molecule has 146 valence electrons. The Bertz CT molecular complexity index is 1250. The minimum Gasteiger partial charge on any atom is -0.284 e. The highest BCUT2D eigenvalue weighted by Crippen LogP contribution is 2.34. The van der Waals surface area contributed by atoms with Gasteiger partial charge in [0.15, 0.2) is 0 Å². The van der Waals surface area contributed by atoms with Gasteiger partial charge in [0.1, 0.15) is 0 Å². The van der Waals surface area contributed by atoms with Gasteiger partial charge >= 0.3 is 0 Å². The minimum absolute atomic E-state index is 0.547. The second kappa shape index (κ2) is 7.75. The van der Waals surface area contributed by atoms with E-state index < -0.39 is 10.0 Å². The summed E-state index contributed by atoms with van der Waals surface area (Å²) in [7, 11) is -3.31. The predicted molar refractivity (Wildman–Crippen MR) is 120 cm³/mol. The summed E-state index contributed by atoms with van der Waals surface area (Å²) in [6.45, 7) is 2.16. The van der Waals surface area contributed by atoms with Crippen molar-refractivity contribution in [3.63, 3.8) is 0 Å². The number of benzene rings is 3. The van der Waals surface area contributed by atoms with Crippen molar-refractivity contribution in [3.05, 3.63) is 106 Å². The summed E-state index contributed by atoms with van der Waals surface area (Å²) < 4.78 is 25.6. The Labute approximate surface area is 172 Å². The van der Waals surface area contributed by atoms with Gasteiger partial charge in [0.05, 0.1) is 6.26 Å². The standard InChI is InChI=1S/C25H23NO2S/c1-18-7-5-12-24-22(18)16-14-20-9-3-4-11-23(20)25(24)15-13-19-8-6-10-21(17-19)26-29(2,27)28/h3-13,17,26H,14,16H2,1-2H3. The molecule has 4 heteroatoms. The number of rotatable bonds is 3. The average Bonchev–Trinajstić information content (AvgIpc) is 2.83. The smallest absolute Gasteiger partial charge is 0.229 e. The van der Waals surface area contributed by atoms with Crippen LogP contribution >= 0.6 is 0 Å². The van der Waals surface area contributed by atoms with Crippen molar-refractivity contribution >= 4 is 27.4 Å². The lowest BCUT2D eigenvalue weighted by Crippen LogP contribution is -2.09. The molecule has 4 rings (SSSR count). The van der Waals surface area contributed by atoms with Gasteiger partial charge in [-0.15, -0.1) is 5.73 Å². The average molecular weight is 402 g/mol. The highest BCUT2D eigenvalue weighted by atomic mass is 32.2. The molecule has 0 atom stereocenters. The van der Waals surface area contributed by atoms with E-state index in [0.29, 0.717) is 5.69 Å². The van der Waals surface area contributed by atoms with E-state index in [4.69, 9.17) is 0 Å². The number of hydrogen-bond donors (Lipinski definition) is 1. The fraction of sp³-hybridized carbons (Fsp3) is 0.160. The van der Waals surface area contributed by atoms with Crippen LogP contribution in [0.4, 0.5) is 5.69 Å². The number of fused-ring (bicyclic) bond motifs is 2. The molecule has 1 aliphatic rings. The van der Waals surface area contributed by atoms with Crippen LogP contribution in [0.5, 0.6) is 0 Å². The Morgan fingerprint density at radius 3 is 2.52 bits per heavy atom. The van der Waals surface area contributed by atoms with Crippen molar-refractivity contribution in [1.82, 2.24) is 0 Å². The largest absolute Gasteiger partial charge is 0.284 e. The van der Waals surface area contributed by atoms with Crippen molar-refractivity contribution in [3.8, 4) is 0 Å². The summed E-state index contributed by atoms with van der Waals surface area (Å²) >= 11 is 0. The highest BCUT2D eigenvalue weighted by molar-refractivity contribution is 7.92. The summed E-state index contributed by atoms with van der Waals surface area (Å²) in [4.78, 5) is 0. The molecule has 0 aromatic heterocycles. The van der Waals surface area contributed by atoms with E-state index in [1.54, 1.807) is 6.07 Å². The van der Waals surface area contributed by atoms with Gasteiger partial charge in [0.25, 0.3) is 0 Å². The SMILES string of the molecule is Cc1cccc2c1CCc1ccccc1C2=C=Cc1cccc(NS(C)(=O)=O)c1. The highest BCUT2D eigenvalue weighted by Gasteiger charge is 2.18. The summed E-state index contributed by atoms with van der Waals surface area (Å²) in [5, 5.41) is 0. The third kappa shape index (κ3) is 4.34. The van der Waals surface area contributed by atoms with Crippen molar-refractivity contribution in [1.29, 1.82) is 0 Å². The fourth-order valence-electron chi connectivity index (χ4n) is 3.87. The van der Waals surface area contributed by atoms with E-state index in [2.05, 4.69) is 59.8 Å². The molecule has 0 fully saturated rings. The third-order valence-electron chi connectivity index (χ3n) is 5.18. The molecule has 0 aliphatic heterocycles. The maximum Gasteiger partial charge on any atom is 0.229 e. The maximum atomic E-state index is 11.5. The zero-order valence-corrected chi connectivity index (χ0v) is 17.4. The number of nitrogens with one attached hydrogen (secondary N) is 1. The number of anilines is 1. The lowest BCUT2D eigenvalue weighted by atomic mass is 9.92. The number of hydrogen-bond acceptors (Lipinski definition) is 2. The molecule has 1 aliphatic carbocycles. The lowest BCUT2D eigenvalue weighted by molar-refractivity contribution is 0.607. The second-order valence-electron chi connectivity index (χ2n) is 7.42. The number of sulfonamides is 1. The van der Waals surface area contributed by atoms with Crippen LogP contribution in [0.3, 0.4) is 0 Å². The van der Waals surface area contributed by atoms with Gasteiger partial charge in [-0.3, -0.25) is 4.72 Å². The monoisotopic (exact) mass is 401 g/mol. The Morgan fingerprint density at radius 1 is 0.931 bits per heavy atom. The Hall–Kier alpha value is -3.07. The summed E-state index contributed by atoms with van der Waals surface area (Å²) in [6, 6.07) is 22.3. The zero-order valence-electron chi connectivity index (χ0n) is 16.6. The van der Waals surface area contributed by atoms with E-state index in [9.17, 15) is 8.42 Å². The van der Waals surface area contributed by atoms with Crippen LogP contribution < -0.4 is 4.72 Å². The van der Waals surface area contributed by atoms with Gasteiger partial charge in [-0.25, -0.2) is 8.42 Å². The van der Waals surface area contributed by atoms with Crippen LogP contribution in [-0.4, -0.2) is 14.7 Å². The number of aryl methyl sites for hydroxylation is 2. The topological polar surface area (TPSA) is 46.2 Å². The Balaban J connectivity index is 1.87. The molecule has 0 amide bonds. The van der Waals surface area contributed by atoms with E-state index in [1.165, 1.54) is 27.8 Å². The Kier molecular flexibility index (Phi) is 5.14. The van der Waals surface area contributed by atoms with Crippen LogP contribution in [0, 0.1) is 6.92 Å². The van der Waals surface area contributed by atoms with Crippen molar-refractivity contribution in [2.45, 2.75) is 19.8 Å². The first-order chi connectivity index (χ1) is 13.9. The molecule has 0 saturated heterocycles. The molecule has 0 saturated carbocycles.